The van der Waals surface area contributed by atoms with Crippen LogP contribution in [-0.4, -0.2) is 28.6 Å². The Kier molecular flexibility index (Phi) is 3.53. The maximum Gasteiger partial charge on any atom is 0.128 e. The van der Waals surface area contributed by atoms with Gasteiger partial charge >= 0.3 is 0 Å². The molecule has 0 saturated heterocycles. The Balaban J connectivity index is 2.47. The summed E-state index contributed by atoms with van der Waals surface area (Å²) in [7, 11) is 1.63. The minimum Gasteiger partial charge on any atom is -0.496 e. The molecule has 5 nitrogen and oxygen atoms in total. The number of methoxy groups -OCH3 is 1. The van der Waals surface area contributed by atoms with Crippen LogP contribution in [0.25, 0.3) is 11.3 Å². The number of aryl methyl sites for hydroxylation is 1. The lowest BCUT2D eigenvalue weighted by molar-refractivity contribution is 0.270. The third-order valence-corrected chi connectivity index (χ3v) is 2.75. The average Bonchev–Trinajstić information content (AvgIpc) is 2.71. The molecule has 2 rings (SSSR count). The molecule has 96 valence electrons. The van der Waals surface area contributed by atoms with Crippen LogP contribution in [0.5, 0.6) is 5.75 Å². The van der Waals surface area contributed by atoms with E-state index in [2.05, 4.69) is 5.10 Å². The smallest absolute Gasteiger partial charge is 0.128 e. The van der Waals surface area contributed by atoms with Crippen LogP contribution < -0.4 is 10.5 Å². The van der Waals surface area contributed by atoms with Crippen molar-refractivity contribution in [3.8, 4) is 17.0 Å². The summed E-state index contributed by atoms with van der Waals surface area (Å²) in [6.07, 6.45) is 0. The van der Waals surface area contributed by atoms with Crippen LogP contribution in [0, 0.1) is 6.92 Å². The summed E-state index contributed by atoms with van der Waals surface area (Å²) < 4.78 is 6.90. The maximum absolute atomic E-state index is 8.93. The molecule has 18 heavy (non-hydrogen) atoms. The van der Waals surface area contributed by atoms with Crippen LogP contribution in [0.1, 0.15) is 5.56 Å². The first-order valence-electron chi connectivity index (χ1n) is 5.75. The summed E-state index contributed by atoms with van der Waals surface area (Å²) in [5.74, 6) is 1.29. The summed E-state index contributed by atoms with van der Waals surface area (Å²) in [6, 6.07) is 7.68. The third-order valence-electron chi connectivity index (χ3n) is 2.75. The number of hydrogen-bond acceptors (Lipinski definition) is 4. The monoisotopic (exact) mass is 247 g/mol. The summed E-state index contributed by atoms with van der Waals surface area (Å²) in [4.78, 5) is 0. The van der Waals surface area contributed by atoms with Crippen molar-refractivity contribution in [2.75, 3.05) is 19.5 Å². The van der Waals surface area contributed by atoms with E-state index in [1.165, 1.54) is 0 Å². The highest BCUT2D eigenvalue weighted by Crippen LogP contribution is 2.30. The molecule has 0 unspecified atom stereocenters. The Morgan fingerprint density at radius 2 is 2.17 bits per heavy atom. The molecule has 0 amide bonds. The topological polar surface area (TPSA) is 73.3 Å². The molecular weight excluding hydrogens is 230 g/mol. The molecule has 0 aliphatic carbocycles. The van der Waals surface area contributed by atoms with Gasteiger partial charge in [0.1, 0.15) is 11.6 Å². The van der Waals surface area contributed by atoms with Gasteiger partial charge in [0, 0.05) is 11.6 Å². The van der Waals surface area contributed by atoms with Crippen LogP contribution in [0.3, 0.4) is 0 Å². The fourth-order valence-electron chi connectivity index (χ4n) is 1.86. The zero-order chi connectivity index (χ0) is 13.1. The highest BCUT2D eigenvalue weighted by atomic mass is 16.5. The number of nitrogens with zero attached hydrogens (tertiary/aromatic N) is 2. The molecule has 0 bridgehead atoms. The molecule has 0 spiro atoms. The summed E-state index contributed by atoms with van der Waals surface area (Å²) in [6.45, 7) is 2.41. The van der Waals surface area contributed by atoms with Gasteiger partial charge in [-0.05, 0) is 19.1 Å². The average molecular weight is 247 g/mol. The Hall–Kier alpha value is -2.01. The van der Waals surface area contributed by atoms with E-state index in [1.54, 1.807) is 17.9 Å². The summed E-state index contributed by atoms with van der Waals surface area (Å²) in [5, 5.41) is 13.3. The second-order valence-corrected chi connectivity index (χ2v) is 4.10. The number of hydrogen-bond donors (Lipinski definition) is 2. The largest absolute Gasteiger partial charge is 0.496 e. The van der Waals surface area contributed by atoms with E-state index in [9.17, 15) is 0 Å². The molecule has 1 aromatic heterocycles. The number of aliphatic hydroxyl groups is 1. The minimum atomic E-state index is 0.0102. The summed E-state index contributed by atoms with van der Waals surface area (Å²) in [5.41, 5.74) is 8.62. The first kappa shape index (κ1) is 12.4. The Morgan fingerprint density at radius 1 is 1.39 bits per heavy atom. The number of benzene rings is 1. The van der Waals surface area contributed by atoms with Crippen LogP contribution in [0.4, 0.5) is 5.82 Å². The quantitative estimate of drug-likeness (QED) is 0.857. The van der Waals surface area contributed by atoms with E-state index in [0.717, 1.165) is 22.6 Å². The lowest BCUT2D eigenvalue weighted by Gasteiger charge is -2.07. The number of aliphatic hydroxyl groups excluding tert-OH is 1. The van der Waals surface area contributed by atoms with Crippen LogP contribution in [0.15, 0.2) is 24.3 Å². The number of nitrogen functional groups attached to an aromatic ring is 1. The molecule has 0 radical (unpaired) electrons. The van der Waals surface area contributed by atoms with Gasteiger partial charge in [0.25, 0.3) is 0 Å². The molecule has 0 fully saturated rings. The van der Waals surface area contributed by atoms with Gasteiger partial charge < -0.3 is 15.6 Å². The van der Waals surface area contributed by atoms with E-state index in [1.807, 2.05) is 25.1 Å². The van der Waals surface area contributed by atoms with E-state index < -0.39 is 0 Å². The summed E-state index contributed by atoms with van der Waals surface area (Å²) >= 11 is 0. The van der Waals surface area contributed by atoms with Crippen molar-refractivity contribution in [1.82, 2.24) is 9.78 Å². The maximum atomic E-state index is 8.93. The molecule has 1 aromatic carbocycles. The van der Waals surface area contributed by atoms with Crippen molar-refractivity contribution >= 4 is 5.82 Å². The molecule has 0 aliphatic rings. The predicted molar refractivity (Wildman–Crippen MR) is 70.5 cm³/mol. The molecule has 5 heteroatoms. The standard InChI is InChI=1S/C13H17N3O2/c1-9-3-4-12(18-2)10(7-9)11-8-13(14)16(15-11)5-6-17/h3-4,7-8,17H,5-6,14H2,1-2H3. The van der Waals surface area contributed by atoms with Gasteiger partial charge in [-0.2, -0.15) is 5.10 Å². The van der Waals surface area contributed by atoms with Gasteiger partial charge in [-0.25, -0.2) is 4.68 Å². The van der Waals surface area contributed by atoms with Gasteiger partial charge in [0.05, 0.1) is 26.0 Å². The second-order valence-electron chi connectivity index (χ2n) is 4.10. The zero-order valence-electron chi connectivity index (χ0n) is 10.6. The number of anilines is 1. The molecule has 2 aromatic rings. The van der Waals surface area contributed by atoms with Crippen molar-refractivity contribution in [2.45, 2.75) is 13.5 Å². The Morgan fingerprint density at radius 3 is 2.83 bits per heavy atom. The molecule has 0 saturated carbocycles. The van der Waals surface area contributed by atoms with Gasteiger partial charge in [-0.1, -0.05) is 11.6 Å². The molecule has 3 N–H and O–H groups in total. The van der Waals surface area contributed by atoms with Gasteiger partial charge in [-0.15, -0.1) is 0 Å². The lowest BCUT2D eigenvalue weighted by Crippen LogP contribution is -2.07. The fourth-order valence-corrected chi connectivity index (χ4v) is 1.86. The normalized spacial score (nSPS) is 10.6. The molecule has 1 heterocycles. The van der Waals surface area contributed by atoms with Crippen molar-refractivity contribution < 1.29 is 9.84 Å². The first-order valence-corrected chi connectivity index (χ1v) is 5.75. The number of rotatable bonds is 4. The number of aromatic nitrogens is 2. The van der Waals surface area contributed by atoms with Crippen molar-refractivity contribution in [3.63, 3.8) is 0 Å². The highest BCUT2D eigenvalue weighted by Gasteiger charge is 2.11. The highest BCUT2D eigenvalue weighted by molar-refractivity contribution is 5.70. The lowest BCUT2D eigenvalue weighted by atomic mass is 10.1. The van der Waals surface area contributed by atoms with Crippen LogP contribution in [0.2, 0.25) is 0 Å². The van der Waals surface area contributed by atoms with Crippen molar-refractivity contribution in [3.05, 3.63) is 29.8 Å². The van der Waals surface area contributed by atoms with E-state index in [4.69, 9.17) is 15.6 Å². The van der Waals surface area contributed by atoms with E-state index >= 15 is 0 Å². The molecular formula is C13H17N3O2. The number of ether oxygens (including phenoxy) is 1. The Labute approximate surface area is 106 Å². The Bertz CT molecular complexity index is 549. The first-order chi connectivity index (χ1) is 8.65. The van der Waals surface area contributed by atoms with Crippen LogP contribution >= 0.6 is 0 Å². The third kappa shape index (κ3) is 2.31. The van der Waals surface area contributed by atoms with Gasteiger partial charge in [0.2, 0.25) is 0 Å². The van der Waals surface area contributed by atoms with E-state index in [0.29, 0.717) is 12.4 Å². The minimum absolute atomic E-state index is 0.0102. The van der Waals surface area contributed by atoms with Crippen LogP contribution in [-0.2, 0) is 6.54 Å². The fraction of sp³-hybridized carbons (Fsp3) is 0.308. The van der Waals surface area contributed by atoms with Crippen molar-refractivity contribution in [2.24, 2.45) is 0 Å². The zero-order valence-corrected chi connectivity index (χ0v) is 10.6. The SMILES string of the molecule is COc1ccc(C)cc1-c1cc(N)n(CCO)n1. The van der Waals surface area contributed by atoms with E-state index in [-0.39, 0.29) is 6.61 Å². The molecule has 0 atom stereocenters. The van der Waals surface area contributed by atoms with Gasteiger partial charge in [-0.3, -0.25) is 0 Å². The molecule has 0 aliphatic heterocycles. The second kappa shape index (κ2) is 5.10. The van der Waals surface area contributed by atoms with Crippen molar-refractivity contribution in [1.29, 1.82) is 0 Å². The predicted octanol–water partition coefficient (Wildman–Crippen LogP) is 1.44. The van der Waals surface area contributed by atoms with Gasteiger partial charge in [0.15, 0.2) is 0 Å². The number of nitrogens with two attached hydrogens (primary N) is 1.